The molecule has 0 atom stereocenters. The molecule has 6 nitrogen and oxygen atoms in total. The Morgan fingerprint density at radius 3 is 2.39 bits per heavy atom. The van der Waals surface area contributed by atoms with Gasteiger partial charge in [0.05, 0.1) is 13.5 Å². The number of esters is 1. The second-order valence-electron chi connectivity index (χ2n) is 5.58. The first-order chi connectivity index (χ1) is 11.1. The summed E-state index contributed by atoms with van der Waals surface area (Å²) in [5, 5.41) is 2.91. The first-order valence-corrected chi connectivity index (χ1v) is 7.80. The maximum atomic E-state index is 12.3. The molecule has 1 aromatic carbocycles. The molecule has 2 amide bonds. The number of piperidine rings is 1. The third-order valence-electron chi connectivity index (χ3n) is 3.95. The van der Waals surface area contributed by atoms with E-state index >= 15 is 0 Å². The molecule has 124 valence electrons. The standard InChI is InChI=1S/C17H22N2O4/c1-23-16(21)8-7-15(20)18-14-9-11-19(12-10-14)17(22)13-5-3-2-4-6-13/h2-6,14H,7-12H2,1H3,(H,18,20). The number of carbonyl (C=O) groups is 3. The summed E-state index contributed by atoms with van der Waals surface area (Å²) in [6.45, 7) is 1.24. The van der Waals surface area contributed by atoms with Crippen LogP contribution in [0.2, 0.25) is 0 Å². The Morgan fingerprint density at radius 2 is 1.78 bits per heavy atom. The molecular formula is C17H22N2O4. The fourth-order valence-electron chi connectivity index (χ4n) is 2.61. The van der Waals surface area contributed by atoms with Gasteiger partial charge in [-0.15, -0.1) is 0 Å². The van der Waals surface area contributed by atoms with Crippen LogP contribution in [0.15, 0.2) is 30.3 Å². The van der Waals surface area contributed by atoms with Gasteiger partial charge in [-0.2, -0.15) is 0 Å². The summed E-state index contributed by atoms with van der Waals surface area (Å²) >= 11 is 0. The van der Waals surface area contributed by atoms with E-state index < -0.39 is 0 Å². The van der Waals surface area contributed by atoms with Crippen molar-refractivity contribution in [1.29, 1.82) is 0 Å². The van der Waals surface area contributed by atoms with Crippen LogP contribution in [-0.2, 0) is 14.3 Å². The zero-order valence-corrected chi connectivity index (χ0v) is 13.3. The molecule has 6 heteroatoms. The SMILES string of the molecule is COC(=O)CCC(=O)NC1CCN(C(=O)c2ccccc2)CC1. The van der Waals surface area contributed by atoms with Crippen LogP contribution in [0.25, 0.3) is 0 Å². The number of amides is 2. The Morgan fingerprint density at radius 1 is 1.13 bits per heavy atom. The van der Waals surface area contributed by atoms with E-state index in [1.54, 1.807) is 0 Å². The first kappa shape index (κ1) is 17.0. The summed E-state index contributed by atoms with van der Waals surface area (Å²) < 4.78 is 4.51. The quantitative estimate of drug-likeness (QED) is 0.832. The van der Waals surface area contributed by atoms with Gasteiger partial charge in [0.1, 0.15) is 0 Å². The van der Waals surface area contributed by atoms with Crippen molar-refractivity contribution in [1.82, 2.24) is 10.2 Å². The van der Waals surface area contributed by atoms with Crippen LogP contribution in [0.5, 0.6) is 0 Å². The Labute approximate surface area is 135 Å². The van der Waals surface area contributed by atoms with Crippen LogP contribution < -0.4 is 5.32 Å². The van der Waals surface area contributed by atoms with Crippen molar-refractivity contribution in [3.8, 4) is 0 Å². The fraction of sp³-hybridized carbons (Fsp3) is 0.471. The molecule has 1 fully saturated rings. The van der Waals surface area contributed by atoms with Gasteiger partial charge in [0, 0.05) is 31.1 Å². The number of nitrogens with zero attached hydrogens (tertiary/aromatic N) is 1. The predicted octanol–water partition coefficient (Wildman–Crippen LogP) is 1.36. The number of ether oxygens (including phenoxy) is 1. The largest absolute Gasteiger partial charge is 0.469 e. The summed E-state index contributed by atoms with van der Waals surface area (Å²) in [5.41, 5.74) is 0.688. The lowest BCUT2D eigenvalue weighted by Crippen LogP contribution is -2.46. The average molecular weight is 318 g/mol. The molecule has 0 aliphatic carbocycles. The van der Waals surface area contributed by atoms with Gasteiger partial charge in [-0.3, -0.25) is 14.4 Å². The lowest BCUT2D eigenvalue weighted by atomic mass is 10.0. The maximum Gasteiger partial charge on any atom is 0.306 e. The van der Waals surface area contributed by atoms with Crippen LogP contribution in [0.3, 0.4) is 0 Å². The van der Waals surface area contributed by atoms with E-state index in [4.69, 9.17) is 0 Å². The minimum absolute atomic E-state index is 0.0288. The predicted molar refractivity (Wildman–Crippen MR) is 84.8 cm³/mol. The Balaban J connectivity index is 1.74. The van der Waals surface area contributed by atoms with Crippen LogP contribution >= 0.6 is 0 Å². The average Bonchev–Trinajstić information content (AvgIpc) is 2.60. The number of likely N-dealkylation sites (tertiary alicyclic amines) is 1. The van der Waals surface area contributed by atoms with Crippen LogP contribution in [0.4, 0.5) is 0 Å². The van der Waals surface area contributed by atoms with Gasteiger partial charge in [0.2, 0.25) is 5.91 Å². The zero-order chi connectivity index (χ0) is 16.7. The van der Waals surface area contributed by atoms with Gasteiger partial charge in [0.25, 0.3) is 5.91 Å². The van der Waals surface area contributed by atoms with E-state index in [1.165, 1.54) is 7.11 Å². The highest BCUT2D eigenvalue weighted by atomic mass is 16.5. The number of methoxy groups -OCH3 is 1. The molecule has 1 N–H and O–H groups in total. The van der Waals surface area contributed by atoms with E-state index in [2.05, 4.69) is 10.1 Å². The summed E-state index contributed by atoms with van der Waals surface area (Å²) in [7, 11) is 1.31. The van der Waals surface area contributed by atoms with Crippen LogP contribution in [0, 0.1) is 0 Å². The molecule has 0 radical (unpaired) electrons. The molecule has 1 aromatic rings. The Kier molecular flexibility index (Phi) is 6.14. The van der Waals surface area contributed by atoms with Crippen molar-refractivity contribution in [2.45, 2.75) is 31.7 Å². The van der Waals surface area contributed by atoms with Gasteiger partial charge in [-0.25, -0.2) is 0 Å². The fourth-order valence-corrected chi connectivity index (χ4v) is 2.61. The highest BCUT2D eigenvalue weighted by Crippen LogP contribution is 2.14. The van der Waals surface area contributed by atoms with Gasteiger partial charge in [0.15, 0.2) is 0 Å². The summed E-state index contributed by atoms with van der Waals surface area (Å²) in [4.78, 5) is 36.9. The molecule has 1 aliphatic rings. The van der Waals surface area contributed by atoms with Gasteiger partial charge in [-0.1, -0.05) is 18.2 Å². The number of nitrogens with one attached hydrogen (secondary N) is 1. The van der Waals surface area contributed by atoms with Crippen molar-refractivity contribution < 1.29 is 19.1 Å². The Hall–Kier alpha value is -2.37. The second-order valence-corrected chi connectivity index (χ2v) is 5.58. The monoisotopic (exact) mass is 318 g/mol. The van der Waals surface area contributed by atoms with Crippen molar-refractivity contribution in [3.05, 3.63) is 35.9 Å². The number of hydrogen-bond donors (Lipinski definition) is 1. The molecule has 2 rings (SSSR count). The highest BCUT2D eigenvalue weighted by Gasteiger charge is 2.24. The number of benzene rings is 1. The van der Waals surface area contributed by atoms with E-state index in [9.17, 15) is 14.4 Å². The number of rotatable bonds is 5. The summed E-state index contributed by atoms with van der Waals surface area (Å²) in [6, 6.07) is 9.25. The molecule has 0 spiro atoms. The third kappa shape index (κ3) is 5.09. The molecule has 0 aromatic heterocycles. The maximum absolute atomic E-state index is 12.3. The second kappa shape index (κ2) is 8.31. The molecule has 1 aliphatic heterocycles. The lowest BCUT2D eigenvalue weighted by Gasteiger charge is -2.32. The van der Waals surface area contributed by atoms with Crippen molar-refractivity contribution >= 4 is 17.8 Å². The lowest BCUT2D eigenvalue weighted by molar-refractivity contribution is -0.142. The van der Waals surface area contributed by atoms with Crippen molar-refractivity contribution in [2.24, 2.45) is 0 Å². The Bertz CT molecular complexity index is 551. The summed E-state index contributed by atoms with van der Waals surface area (Å²) in [5.74, 6) is -0.507. The minimum Gasteiger partial charge on any atom is -0.469 e. The third-order valence-corrected chi connectivity index (χ3v) is 3.95. The molecule has 0 bridgehead atoms. The molecule has 1 heterocycles. The minimum atomic E-state index is -0.386. The van der Waals surface area contributed by atoms with Crippen LogP contribution in [0.1, 0.15) is 36.0 Å². The highest BCUT2D eigenvalue weighted by molar-refractivity contribution is 5.94. The molecule has 0 unspecified atom stereocenters. The van der Waals surface area contributed by atoms with E-state index in [0.29, 0.717) is 18.7 Å². The van der Waals surface area contributed by atoms with E-state index in [1.807, 2.05) is 35.2 Å². The normalized spacial score (nSPS) is 15.1. The molecule has 23 heavy (non-hydrogen) atoms. The van der Waals surface area contributed by atoms with Crippen LogP contribution in [-0.4, -0.2) is 48.9 Å². The zero-order valence-electron chi connectivity index (χ0n) is 13.3. The molecule has 0 saturated carbocycles. The topological polar surface area (TPSA) is 75.7 Å². The van der Waals surface area contributed by atoms with Gasteiger partial charge in [-0.05, 0) is 25.0 Å². The first-order valence-electron chi connectivity index (χ1n) is 7.80. The van der Waals surface area contributed by atoms with E-state index in [0.717, 1.165) is 12.8 Å². The number of hydrogen-bond acceptors (Lipinski definition) is 4. The van der Waals surface area contributed by atoms with Gasteiger partial charge >= 0.3 is 5.97 Å². The van der Waals surface area contributed by atoms with Gasteiger partial charge < -0.3 is 15.0 Å². The van der Waals surface area contributed by atoms with Crippen molar-refractivity contribution in [3.63, 3.8) is 0 Å². The molecular weight excluding hydrogens is 296 g/mol. The smallest absolute Gasteiger partial charge is 0.306 e. The summed E-state index contributed by atoms with van der Waals surface area (Å²) in [6.07, 6.45) is 1.68. The van der Waals surface area contributed by atoms with E-state index in [-0.39, 0.29) is 36.7 Å². The molecule has 1 saturated heterocycles. The van der Waals surface area contributed by atoms with Crippen molar-refractivity contribution in [2.75, 3.05) is 20.2 Å². The number of carbonyl (C=O) groups excluding carboxylic acids is 3.